The summed E-state index contributed by atoms with van der Waals surface area (Å²) >= 11 is 0. The van der Waals surface area contributed by atoms with Crippen molar-refractivity contribution >= 4 is 12.0 Å². The monoisotopic (exact) mass is 333 g/mol. The Morgan fingerprint density at radius 2 is 1.76 bits per heavy atom. The van der Waals surface area contributed by atoms with E-state index >= 15 is 0 Å². The average molecular weight is 333 g/mol. The molecule has 0 spiro atoms. The van der Waals surface area contributed by atoms with Crippen LogP contribution in [-0.4, -0.2) is 27.5 Å². The van der Waals surface area contributed by atoms with E-state index in [9.17, 15) is 4.79 Å². The molecule has 25 heavy (non-hydrogen) atoms. The molecular weight excluding hydrogens is 314 g/mol. The lowest BCUT2D eigenvalue weighted by atomic mass is 10.2. The Balaban J connectivity index is 1.67. The van der Waals surface area contributed by atoms with Crippen LogP contribution in [0.2, 0.25) is 0 Å². The molecule has 0 saturated heterocycles. The summed E-state index contributed by atoms with van der Waals surface area (Å²) in [6, 6.07) is 19.3. The molecule has 0 aliphatic heterocycles. The van der Waals surface area contributed by atoms with Crippen LogP contribution in [0.4, 0.5) is 0 Å². The number of carbonyl (C=O) groups excluding carboxylic acids is 1. The minimum absolute atomic E-state index is 0.0918. The third-order valence-electron chi connectivity index (χ3n) is 3.74. The van der Waals surface area contributed by atoms with Crippen molar-refractivity contribution in [3.63, 3.8) is 0 Å². The molecule has 0 bridgehead atoms. The van der Waals surface area contributed by atoms with Crippen LogP contribution in [0.5, 0.6) is 0 Å². The first-order chi connectivity index (χ1) is 12.3. The number of carbonyl (C=O) groups is 1. The highest BCUT2D eigenvalue weighted by atomic mass is 16.5. The van der Waals surface area contributed by atoms with Crippen molar-refractivity contribution in [2.45, 2.75) is 13.5 Å². The summed E-state index contributed by atoms with van der Waals surface area (Å²) in [6.07, 6.45) is 3.36. The van der Waals surface area contributed by atoms with Crippen molar-refractivity contribution in [1.29, 1.82) is 0 Å². The number of hydrogen-bond acceptors (Lipinski definition) is 4. The number of benzene rings is 2. The zero-order valence-electron chi connectivity index (χ0n) is 14.0. The molecule has 1 heterocycles. The summed E-state index contributed by atoms with van der Waals surface area (Å²) in [6.45, 7) is 2.76. The maximum atomic E-state index is 12.4. The number of likely N-dealkylation sites (N-methyl/N-ethyl adjacent to an activating group) is 1. The van der Waals surface area contributed by atoms with E-state index in [-0.39, 0.29) is 12.5 Å². The van der Waals surface area contributed by atoms with Gasteiger partial charge in [0.15, 0.2) is 0 Å². The Morgan fingerprint density at radius 1 is 1.08 bits per heavy atom. The van der Waals surface area contributed by atoms with E-state index in [1.54, 1.807) is 17.1 Å². The van der Waals surface area contributed by atoms with Crippen molar-refractivity contribution in [2.24, 2.45) is 0 Å². The van der Waals surface area contributed by atoms with Gasteiger partial charge in [0.1, 0.15) is 6.54 Å². The molecule has 0 radical (unpaired) electrons. The van der Waals surface area contributed by atoms with Gasteiger partial charge >= 0.3 is 0 Å². The molecule has 0 atom stereocenters. The largest absolute Gasteiger partial charge is 0.337 e. The van der Waals surface area contributed by atoms with E-state index in [0.29, 0.717) is 18.3 Å². The molecule has 1 amide bonds. The second kappa shape index (κ2) is 8.06. The van der Waals surface area contributed by atoms with Gasteiger partial charge in [-0.2, -0.15) is 4.98 Å². The van der Waals surface area contributed by atoms with Gasteiger partial charge in [-0.25, -0.2) is 0 Å². The van der Waals surface area contributed by atoms with E-state index in [1.807, 2.05) is 67.6 Å². The SMILES string of the molecule is CCN(Cc1nc(-c2ccccc2)no1)C(=O)/C=C/c1ccccc1. The topological polar surface area (TPSA) is 59.2 Å². The van der Waals surface area contributed by atoms with Crippen LogP contribution in [0, 0.1) is 0 Å². The molecule has 5 nitrogen and oxygen atoms in total. The second-order valence-corrected chi connectivity index (χ2v) is 5.47. The van der Waals surface area contributed by atoms with Crippen LogP contribution in [-0.2, 0) is 11.3 Å². The van der Waals surface area contributed by atoms with Gasteiger partial charge in [-0.3, -0.25) is 4.79 Å². The molecule has 0 unspecified atom stereocenters. The highest BCUT2D eigenvalue weighted by Crippen LogP contribution is 2.15. The van der Waals surface area contributed by atoms with E-state index in [2.05, 4.69) is 10.1 Å². The first-order valence-electron chi connectivity index (χ1n) is 8.16. The van der Waals surface area contributed by atoms with Crippen molar-refractivity contribution in [2.75, 3.05) is 6.54 Å². The van der Waals surface area contributed by atoms with Crippen molar-refractivity contribution in [1.82, 2.24) is 15.0 Å². The summed E-state index contributed by atoms with van der Waals surface area (Å²) in [5.41, 5.74) is 1.87. The van der Waals surface area contributed by atoms with Crippen LogP contribution < -0.4 is 0 Å². The molecule has 0 aliphatic rings. The van der Waals surface area contributed by atoms with Crippen LogP contribution >= 0.6 is 0 Å². The van der Waals surface area contributed by atoms with Crippen molar-refractivity contribution < 1.29 is 9.32 Å². The number of nitrogens with zero attached hydrogens (tertiary/aromatic N) is 3. The average Bonchev–Trinajstić information content (AvgIpc) is 3.14. The van der Waals surface area contributed by atoms with Crippen molar-refractivity contribution in [3.8, 4) is 11.4 Å². The summed E-state index contributed by atoms with van der Waals surface area (Å²) in [5.74, 6) is 0.854. The second-order valence-electron chi connectivity index (χ2n) is 5.47. The quantitative estimate of drug-likeness (QED) is 0.644. The fourth-order valence-corrected chi connectivity index (χ4v) is 2.37. The van der Waals surface area contributed by atoms with Crippen LogP contribution in [0.15, 0.2) is 71.3 Å². The first kappa shape index (κ1) is 16.6. The summed E-state index contributed by atoms with van der Waals surface area (Å²) < 4.78 is 5.29. The molecule has 0 aliphatic carbocycles. The lowest BCUT2D eigenvalue weighted by Crippen LogP contribution is -2.28. The van der Waals surface area contributed by atoms with Gasteiger partial charge < -0.3 is 9.42 Å². The zero-order valence-corrected chi connectivity index (χ0v) is 14.0. The van der Waals surface area contributed by atoms with Crippen LogP contribution in [0.25, 0.3) is 17.5 Å². The van der Waals surface area contributed by atoms with Gasteiger partial charge in [0.25, 0.3) is 0 Å². The number of hydrogen-bond donors (Lipinski definition) is 0. The molecule has 3 aromatic rings. The molecule has 0 fully saturated rings. The zero-order chi connectivity index (χ0) is 17.5. The van der Waals surface area contributed by atoms with Gasteiger partial charge in [-0.05, 0) is 18.6 Å². The van der Waals surface area contributed by atoms with Gasteiger partial charge in [-0.1, -0.05) is 65.8 Å². The predicted octanol–water partition coefficient (Wildman–Crippen LogP) is 3.80. The van der Waals surface area contributed by atoms with E-state index in [0.717, 1.165) is 11.1 Å². The fourth-order valence-electron chi connectivity index (χ4n) is 2.37. The Kier molecular flexibility index (Phi) is 5.36. The Hall–Kier alpha value is -3.21. The van der Waals surface area contributed by atoms with Gasteiger partial charge in [-0.15, -0.1) is 0 Å². The standard InChI is InChI=1S/C20H19N3O2/c1-2-23(19(24)14-13-16-9-5-3-6-10-16)15-18-21-20(22-25-18)17-11-7-4-8-12-17/h3-14H,2,15H2,1H3/b14-13+. The predicted molar refractivity (Wildman–Crippen MR) is 96.3 cm³/mol. The normalized spacial score (nSPS) is 10.9. The van der Waals surface area contributed by atoms with Crippen LogP contribution in [0.3, 0.4) is 0 Å². The lowest BCUT2D eigenvalue weighted by Gasteiger charge is -2.16. The summed E-state index contributed by atoms with van der Waals surface area (Å²) in [4.78, 5) is 18.4. The van der Waals surface area contributed by atoms with Gasteiger partial charge in [0.2, 0.25) is 17.6 Å². The molecule has 2 aromatic carbocycles. The molecule has 5 heteroatoms. The van der Waals surface area contributed by atoms with E-state index in [4.69, 9.17) is 4.52 Å². The molecule has 0 N–H and O–H groups in total. The molecule has 0 saturated carbocycles. The number of rotatable bonds is 6. The maximum Gasteiger partial charge on any atom is 0.247 e. The Morgan fingerprint density at radius 3 is 2.44 bits per heavy atom. The van der Waals surface area contributed by atoms with Gasteiger partial charge in [0.05, 0.1) is 0 Å². The van der Waals surface area contributed by atoms with Crippen molar-refractivity contribution in [3.05, 3.63) is 78.2 Å². The molecule has 3 rings (SSSR count). The molecule has 1 aromatic heterocycles. The first-order valence-corrected chi connectivity index (χ1v) is 8.16. The maximum absolute atomic E-state index is 12.4. The third kappa shape index (κ3) is 4.41. The third-order valence-corrected chi connectivity index (χ3v) is 3.74. The number of amides is 1. The minimum Gasteiger partial charge on any atom is -0.337 e. The van der Waals surface area contributed by atoms with Gasteiger partial charge in [0, 0.05) is 18.2 Å². The summed E-state index contributed by atoms with van der Waals surface area (Å²) in [7, 11) is 0. The Labute approximate surface area is 146 Å². The highest BCUT2D eigenvalue weighted by Gasteiger charge is 2.15. The lowest BCUT2D eigenvalue weighted by molar-refractivity contribution is -0.126. The fraction of sp³-hybridized carbons (Fsp3) is 0.150. The minimum atomic E-state index is -0.0918. The Bertz CT molecular complexity index is 842. The smallest absolute Gasteiger partial charge is 0.247 e. The van der Waals surface area contributed by atoms with E-state index in [1.165, 1.54) is 0 Å². The number of aromatic nitrogens is 2. The highest BCUT2D eigenvalue weighted by molar-refractivity contribution is 5.91. The summed E-state index contributed by atoms with van der Waals surface area (Å²) in [5, 5.41) is 3.98. The van der Waals surface area contributed by atoms with Crippen LogP contribution in [0.1, 0.15) is 18.4 Å². The molecule has 126 valence electrons. The molecular formula is C20H19N3O2. The van der Waals surface area contributed by atoms with E-state index < -0.39 is 0 Å².